The highest BCUT2D eigenvalue weighted by molar-refractivity contribution is 6.02. The fourth-order valence-corrected chi connectivity index (χ4v) is 5.59. The highest BCUT2D eigenvalue weighted by Crippen LogP contribution is 2.51. The van der Waals surface area contributed by atoms with E-state index in [0.29, 0.717) is 12.1 Å². The van der Waals surface area contributed by atoms with E-state index >= 15 is 0 Å². The number of carbonyl (C=O) groups excluding carboxylic acids is 3. The summed E-state index contributed by atoms with van der Waals surface area (Å²) in [5, 5.41) is 3.05. The summed E-state index contributed by atoms with van der Waals surface area (Å²) in [6, 6.07) is 27.2. The third kappa shape index (κ3) is 5.88. The molecule has 3 aromatic carbocycles. The lowest BCUT2D eigenvalue weighted by Crippen LogP contribution is -2.49. The Morgan fingerprint density at radius 2 is 1.32 bits per heavy atom. The third-order valence-electron chi connectivity index (χ3n) is 7.14. The van der Waals surface area contributed by atoms with Crippen LogP contribution in [-0.4, -0.2) is 35.1 Å². The van der Waals surface area contributed by atoms with Crippen molar-refractivity contribution in [1.29, 1.82) is 0 Å². The van der Waals surface area contributed by atoms with Crippen LogP contribution in [0.15, 0.2) is 91.0 Å². The number of carbonyl (C=O) groups is 3. The molecule has 1 aliphatic rings. The molecule has 4 rings (SSSR count). The lowest BCUT2D eigenvalue weighted by Gasteiger charge is -2.33. The van der Waals surface area contributed by atoms with Gasteiger partial charge in [-0.25, -0.2) is 0 Å². The number of benzene rings is 3. The molecule has 0 radical (unpaired) electrons. The summed E-state index contributed by atoms with van der Waals surface area (Å²) < 4.78 is 0. The Bertz CT molecular complexity index is 1240. The highest BCUT2D eigenvalue weighted by atomic mass is 16.2. The second-order valence-electron chi connectivity index (χ2n) is 11.3. The molecule has 0 aliphatic carbocycles. The number of amides is 2. The average molecular weight is 511 g/mol. The topological polar surface area (TPSA) is 66.5 Å². The van der Waals surface area contributed by atoms with Crippen molar-refractivity contribution in [2.45, 2.75) is 58.5 Å². The Labute approximate surface area is 226 Å². The Hall–Kier alpha value is -3.73. The number of rotatable bonds is 8. The first-order chi connectivity index (χ1) is 18.2. The van der Waals surface area contributed by atoms with Gasteiger partial charge in [-0.1, -0.05) is 119 Å². The van der Waals surface area contributed by atoms with Crippen molar-refractivity contribution in [3.05, 3.63) is 108 Å². The van der Waals surface area contributed by atoms with E-state index in [9.17, 15) is 14.4 Å². The molecule has 5 heteroatoms. The van der Waals surface area contributed by atoms with Crippen molar-refractivity contribution in [2.75, 3.05) is 6.54 Å². The van der Waals surface area contributed by atoms with E-state index in [4.69, 9.17) is 0 Å². The van der Waals surface area contributed by atoms with E-state index in [1.807, 2.05) is 119 Å². The van der Waals surface area contributed by atoms with Gasteiger partial charge in [0, 0.05) is 24.4 Å². The molecule has 4 atom stereocenters. The molecule has 0 spiro atoms. The van der Waals surface area contributed by atoms with Crippen molar-refractivity contribution in [1.82, 2.24) is 10.2 Å². The van der Waals surface area contributed by atoms with Gasteiger partial charge in [0.05, 0.1) is 12.0 Å². The predicted octanol–water partition coefficient (Wildman–Crippen LogP) is 6.18. The molecule has 4 unspecified atom stereocenters. The number of Topliss-reactive ketones (excluding diaryl/α,β-unsaturated/α-hetero) is 1. The van der Waals surface area contributed by atoms with E-state index in [0.717, 1.165) is 17.5 Å². The maximum absolute atomic E-state index is 14.4. The molecule has 1 N–H and O–H groups in total. The van der Waals surface area contributed by atoms with Crippen LogP contribution in [-0.2, 0) is 9.59 Å². The standard InChI is InChI=1S/C33H38N2O3/c1-5-21-34-32(38)30-27(23-15-9-6-10-16-23)28(31(37)25-19-13-8-14-20-25)29(24-17-11-7-12-18-24)35(30)26(36)22-33(2,3)4/h6-20,27-30H,5,21-22H2,1-4H3,(H,34,38). The first kappa shape index (κ1) is 27.3. The molecular weight excluding hydrogens is 472 g/mol. The SMILES string of the molecule is CCCNC(=O)C1C(c2ccccc2)C(C(=O)c2ccccc2)C(c2ccccc2)N1C(=O)CC(C)(C)C. The average Bonchev–Trinajstić information content (AvgIpc) is 3.28. The normalized spacial score (nSPS) is 21.2. The summed E-state index contributed by atoms with van der Waals surface area (Å²) in [6.07, 6.45) is 1.04. The minimum atomic E-state index is -0.818. The highest BCUT2D eigenvalue weighted by Gasteiger charge is 2.57. The van der Waals surface area contributed by atoms with Crippen LogP contribution < -0.4 is 5.32 Å². The summed E-state index contributed by atoms with van der Waals surface area (Å²) in [5.41, 5.74) is 2.03. The van der Waals surface area contributed by atoms with Gasteiger partial charge in [-0.2, -0.15) is 0 Å². The quantitative estimate of drug-likeness (QED) is 0.368. The minimum Gasteiger partial charge on any atom is -0.354 e. The second kappa shape index (κ2) is 11.8. The maximum atomic E-state index is 14.4. The van der Waals surface area contributed by atoms with Gasteiger partial charge in [0.15, 0.2) is 5.78 Å². The first-order valence-corrected chi connectivity index (χ1v) is 13.5. The van der Waals surface area contributed by atoms with Crippen LogP contribution in [0.1, 0.15) is 74.0 Å². The van der Waals surface area contributed by atoms with Crippen molar-refractivity contribution in [3.63, 3.8) is 0 Å². The van der Waals surface area contributed by atoms with E-state index < -0.39 is 23.9 Å². The summed E-state index contributed by atoms with van der Waals surface area (Å²) in [7, 11) is 0. The van der Waals surface area contributed by atoms with Crippen LogP contribution in [0, 0.1) is 11.3 Å². The number of ketones is 1. The van der Waals surface area contributed by atoms with Crippen LogP contribution in [0.4, 0.5) is 0 Å². The molecule has 38 heavy (non-hydrogen) atoms. The van der Waals surface area contributed by atoms with Crippen molar-refractivity contribution >= 4 is 17.6 Å². The third-order valence-corrected chi connectivity index (χ3v) is 7.14. The number of hydrogen-bond donors (Lipinski definition) is 1. The minimum absolute atomic E-state index is 0.0624. The fraction of sp³-hybridized carbons (Fsp3) is 0.364. The summed E-state index contributed by atoms with van der Waals surface area (Å²) >= 11 is 0. The molecule has 2 amide bonds. The van der Waals surface area contributed by atoms with Crippen LogP contribution in [0.2, 0.25) is 0 Å². The molecule has 0 aromatic heterocycles. The van der Waals surface area contributed by atoms with Gasteiger partial charge in [0.25, 0.3) is 0 Å². The Morgan fingerprint density at radius 1 is 0.789 bits per heavy atom. The Morgan fingerprint density at radius 3 is 1.84 bits per heavy atom. The smallest absolute Gasteiger partial charge is 0.243 e. The summed E-state index contributed by atoms with van der Waals surface area (Å²) in [4.78, 5) is 44.2. The zero-order valence-corrected chi connectivity index (χ0v) is 22.8. The van der Waals surface area contributed by atoms with Crippen molar-refractivity contribution in [3.8, 4) is 0 Å². The van der Waals surface area contributed by atoms with E-state index in [1.54, 1.807) is 4.90 Å². The molecular formula is C33H38N2O3. The fourth-order valence-electron chi connectivity index (χ4n) is 5.59. The molecule has 0 saturated carbocycles. The van der Waals surface area contributed by atoms with E-state index in [2.05, 4.69) is 5.32 Å². The van der Waals surface area contributed by atoms with Gasteiger partial charge >= 0.3 is 0 Å². The lowest BCUT2D eigenvalue weighted by atomic mass is 9.76. The van der Waals surface area contributed by atoms with Crippen molar-refractivity contribution < 1.29 is 14.4 Å². The summed E-state index contributed by atoms with van der Waals surface area (Å²) in [5.74, 6) is -1.54. The van der Waals surface area contributed by atoms with Crippen LogP contribution >= 0.6 is 0 Å². The number of hydrogen-bond acceptors (Lipinski definition) is 3. The monoisotopic (exact) mass is 510 g/mol. The summed E-state index contributed by atoms with van der Waals surface area (Å²) in [6.45, 7) is 8.57. The number of likely N-dealkylation sites (tertiary alicyclic amines) is 1. The van der Waals surface area contributed by atoms with Gasteiger partial charge in [0.1, 0.15) is 6.04 Å². The maximum Gasteiger partial charge on any atom is 0.243 e. The molecule has 1 fully saturated rings. The van der Waals surface area contributed by atoms with E-state index in [1.165, 1.54) is 0 Å². The molecule has 1 saturated heterocycles. The van der Waals surface area contributed by atoms with E-state index in [-0.39, 0.29) is 29.4 Å². The van der Waals surface area contributed by atoms with Gasteiger partial charge in [-0.3, -0.25) is 14.4 Å². The van der Waals surface area contributed by atoms with Crippen LogP contribution in [0.25, 0.3) is 0 Å². The molecule has 5 nitrogen and oxygen atoms in total. The molecule has 1 aliphatic heterocycles. The first-order valence-electron chi connectivity index (χ1n) is 13.5. The molecule has 3 aromatic rings. The largest absolute Gasteiger partial charge is 0.354 e. The van der Waals surface area contributed by atoms with Gasteiger partial charge in [0.2, 0.25) is 11.8 Å². The van der Waals surface area contributed by atoms with Gasteiger partial charge in [-0.15, -0.1) is 0 Å². The predicted molar refractivity (Wildman–Crippen MR) is 151 cm³/mol. The molecule has 1 heterocycles. The van der Waals surface area contributed by atoms with Crippen LogP contribution in [0.5, 0.6) is 0 Å². The second-order valence-corrected chi connectivity index (χ2v) is 11.3. The van der Waals surface area contributed by atoms with Crippen molar-refractivity contribution in [2.24, 2.45) is 11.3 Å². The molecule has 0 bridgehead atoms. The molecule has 198 valence electrons. The number of nitrogens with zero attached hydrogens (tertiary/aromatic N) is 1. The Kier molecular flexibility index (Phi) is 8.45. The zero-order chi connectivity index (χ0) is 27.3. The zero-order valence-electron chi connectivity index (χ0n) is 22.8. The number of nitrogens with one attached hydrogen (secondary N) is 1. The lowest BCUT2D eigenvalue weighted by molar-refractivity contribution is -0.142. The van der Waals surface area contributed by atoms with Gasteiger partial charge < -0.3 is 10.2 Å². The van der Waals surface area contributed by atoms with Crippen LogP contribution in [0.3, 0.4) is 0 Å². The Balaban J connectivity index is 1.97. The van der Waals surface area contributed by atoms with Gasteiger partial charge in [-0.05, 0) is 23.0 Å².